The Labute approximate surface area is 118 Å². The van der Waals surface area contributed by atoms with Gasteiger partial charge in [0.2, 0.25) is 0 Å². The van der Waals surface area contributed by atoms with Crippen LogP contribution in [0.15, 0.2) is 12.3 Å². The molecule has 3 amide bonds. The third kappa shape index (κ3) is 2.09. The van der Waals surface area contributed by atoms with Gasteiger partial charge in [-0.2, -0.15) is 5.10 Å². The Bertz CT molecular complexity index is 543. The first-order valence-electron chi connectivity index (χ1n) is 7.15. The van der Waals surface area contributed by atoms with Gasteiger partial charge in [0.15, 0.2) is 0 Å². The number of carbonyl (C=O) groups is 2. The average Bonchev–Trinajstić information content (AvgIpc) is 3.08. The molecule has 1 aliphatic heterocycles. The normalized spacial score (nSPS) is 22.6. The largest absolute Gasteiger partial charge is 0.325 e. The highest BCUT2D eigenvalue weighted by Crippen LogP contribution is 2.29. The van der Waals surface area contributed by atoms with E-state index in [4.69, 9.17) is 0 Å². The first kappa shape index (κ1) is 13.1. The average molecular weight is 276 g/mol. The van der Waals surface area contributed by atoms with Crippen LogP contribution in [0.25, 0.3) is 0 Å². The van der Waals surface area contributed by atoms with Gasteiger partial charge in [-0.25, -0.2) is 4.79 Å². The lowest BCUT2D eigenvalue weighted by molar-refractivity contribution is -0.125. The van der Waals surface area contributed by atoms with Crippen LogP contribution in [0, 0.1) is 0 Å². The lowest BCUT2D eigenvalue weighted by Gasteiger charge is -2.27. The van der Waals surface area contributed by atoms with E-state index in [-0.39, 0.29) is 11.9 Å². The fraction of sp³-hybridized carbons (Fsp3) is 0.643. The SMILES string of the molecule is CC1(C)C(=O)NC(=O)N1Cc1ccn(C2CCCC2)n1. The Kier molecular flexibility index (Phi) is 3.03. The van der Waals surface area contributed by atoms with Crippen LogP contribution in [0.1, 0.15) is 51.3 Å². The van der Waals surface area contributed by atoms with Gasteiger partial charge in [-0.3, -0.25) is 14.8 Å². The van der Waals surface area contributed by atoms with E-state index in [1.165, 1.54) is 30.6 Å². The van der Waals surface area contributed by atoms with Crippen LogP contribution in [-0.2, 0) is 11.3 Å². The summed E-state index contributed by atoms with van der Waals surface area (Å²) in [5, 5.41) is 6.92. The van der Waals surface area contributed by atoms with Crippen molar-refractivity contribution >= 4 is 11.9 Å². The van der Waals surface area contributed by atoms with E-state index in [1.54, 1.807) is 13.8 Å². The van der Waals surface area contributed by atoms with Crippen molar-refractivity contribution in [2.75, 3.05) is 0 Å². The minimum absolute atomic E-state index is 0.252. The number of aromatic nitrogens is 2. The van der Waals surface area contributed by atoms with Gasteiger partial charge >= 0.3 is 6.03 Å². The Morgan fingerprint density at radius 3 is 2.65 bits per heavy atom. The molecule has 1 aromatic rings. The molecule has 2 heterocycles. The fourth-order valence-electron chi connectivity index (χ4n) is 2.96. The molecule has 1 saturated carbocycles. The lowest BCUT2D eigenvalue weighted by atomic mass is 10.0. The van der Waals surface area contributed by atoms with Crippen molar-refractivity contribution in [1.29, 1.82) is 0 Å². The van der Waals surface area contributed by atoms with E-state index in [2.05, 4.69) is 10.4 Å². The van der Waals surface area contributed by atoms with Crippen LogP contribution in [0.4, 0.5) is 4.79 Å². The van der Waals surface area contributed by atoms with Crippen molar-refractivity contribution in [2.24, 2.45) is 0 Å². The molecule has 3 rings (SSSR count). The minimum Gasteiger partial charge on any atom is -0.304 e. The van der Waals surface area contributed by atoms with Gasteiger partial charge < -0.3 is 4.90 Å². The van der Waals surface area contributed by atoms with Crippen molar-refractivity contribution in [3.63, 3.8) is 0 Å². The molecule has 1 N–H and O–H groups in total. The van der Waals surface area contributed by atoms with Crippen LogP contribution < -0.4 is 5.32 Å². The van der Waals surface area contributed by atoms with Gasteiger partial charge in [0.25, 0.3) is 5.91 Å². The maximum absolute atomic E-state index is 11.8. The van der Waals surface area contributed by atoms with Gasteiger partial charge in [-0.15, -0.1) is 0 Å². The van der Waals surface area contributed by atoms with Crippen molar-refractivity contribution in [2.45, 2.75) is 57.7 Å². The number of amides is 3. The quantitative estimate of drug-likeness (QED) is 0.856. The molecule has 0 spiro atoms. The number of hydrogen-bond acceptors (Lipinski definition) is 3. The predicted octanol–water partition coefficient (Wildman–Crippen LogP) is 1.83. The Hall–Kier alpha value is -1.85. The first-order valence-corrected chi connectivity index (χ1v) is 7.15. The molecule has 1 saturated heterocycles. The van der Waals surface area contributed by atoms with Crippen LogP contribution in [0.3, 0.4) is 0 Å². The summed E-state index contributed by atoms with van der Waals surface area (Å²) < 4.78 is 2.01. The first-order chi connectivity index (χ1) is 9.48. The second-order valence-electron chi connectivity index (χ2n) is 6.13. The zero-order chi connectivity index (χ0) is 14.3. The smallest absolute Gasteiger partial charge is 0.304 e. The summed E-state index contributed by atoms with van der Waals surface area (Å²) in [6, 6.07) is 2.09. The molecule has 2 aliphatic rings. The third-order valence-corrected chi connectivity index (χ3v) is 4.38. The van der Waals surface area contributed by atoms with Gasteiger partial charge in [0.1, 0.15) is 5.54 Å². The summed E-state index contributed by atoms with van der Waals surface area (Å²) in [4.78, 5) is 25.1. The zero-order valence-corrected chi connectivity index (χ0v) is 11.9. The zero-order valence-electron chi connectivity index (χ0n) is 11.9. The van der Waals surface area contributed by atoms with Crippen LogP contribution in [0.2, 0.25) is 0 Å². The number of carbonyl (C=O) groups excluding carboxylic acids is 2. The molecule has 0 unspecified atom stereocenters. The molecule has 1 aromatic heterocycles. The maximum atomic E-state index is 11.8. The van der Waals surface area contributed by atoms with Gasteiger partial charge in [-0.1, -0.05) is 12.8 Å². The van der Waals surface area contributed by atoms with Gasteiger partial charge in [0.05, 0.1) is 18.3 Å². The van der Waals surface area contributed by atoms with Crippen LogP contribution >= 0.6 is 0 Å². The topological polar surface area (TPSA) is 67.2 Å². The Morgan fingerprint density at radius 2 is 2.05 bits per heavy atom. The standard InChI is InChI=1S/C14H20N4O2/c1-14(2)12(19)15-13(20)17(14)9-10-7-8-18(16-10)11-5-3-4-6-11/h7-8,11H,3-6,9H2,1-2H3,(H,15,19,20). The number of hydrogen-bond donors (Lipinski definition) is 1. The molecule has 20 heavy (non-hydrogen) atoms. The van der Waals surface area contributed by atoms with E-state index >= 15 is 0 Å². The molecule has 108 valence electrons. The van der Waals surface area contributed by atoms with E-state index in [0.29, 0.717) is 12.6 Å². The highest BCUT2D eigenvalue weighted by atomic mass is 16.2. The summed E-state index contributed by atoms with van der Waals surface area (Å²) in [5.74, 6) is -0.252. The second-order valence-corrected chi connectivity index (χ2v) is 6.13. The molecule has 0 bridgehead atoms. The van der Waals surface area contributed by atoms with Crippen molar-refractivity contribution in [3.05, 3.63) is 18.0 Å². The molecular formula is C14H20N4O2. The number of rotatable bonds is 3. The van der Waals surface area contributed by atoms with E-state index < -0.39 is 5.54 Å². The van der Waals surface area contributed by atoms with E-state index in [9.17, 15) is 9.59 Å². The molecule has 6 heteroatoms. The molecule has 2 fully saturated rings. The highest BCUT2D eigenvalue weighted by molar-refractivity contribution is 6.06. The Balaban J connectivity index is 1.74. The van der Waals surface area contributed by atoms with Crippen molar-refractivity contribution < 1.29 is 9.59 Å². The molecule has 0 radical (unpaired) electrons. The maximum Gasteiger partial charge on any atom is 0.325 e. The summed E-state index contributed by atoms with van der Waals surface area (Å²) >= 11 is 0. The van der Waals surface area contributed by atoms with Crippen LogP contribution in [-0.4, -0.2) is 32.2 Å². The second kappa shape index (κ2) is 4.61. The van der Waals surface area contributed by atoms with Crippen molar-refractivity contribution in [3.8, 4) is 0 Å². The van der Waals surface area contributed by atoms with Gasteiger partial charge in [-0.05, 0) is 32.8 Å². The molecular weight excluding hydrogens is 256 g/mol. The molecule has 1 aliphatic carbocycles. The highest BCUT2D eigenvalue weighted by Gasteiger charge is 2.45. The lowest BCUT2D eigenvalue weighted by Crippen LogP contribution is -2.43. The van der Waals surface area contributed by atoms with E-state index in [0.717, 1.165) is 5.69 Å². The molecule has 0 atom stereocenters. The van der Waals surface area contributed by atoms with Gasteiger partial charge in [0, 0.05) is 6.20 Å². The number of nitrogens with zero attached hydrogens (tertiary/aromatic N) is 3. The molecule has 0 aromatic carbocycles. The molecule has 6 nitrogen and oxygen atoms in total. The predicted molar refractivity (Wildman–Crippen MR) is 72.9 cm³/mol. The van der Waals surface area contributed by atoms with Crippen molar-refractivity contribution in [1.82, 2.24) is 20.0 Å². The number of urea groups is 1. The minimum atomic E-state index is -0.811. The Morgan fingerprint density at radius 1 is 1.35 bits per heavy atom. The number of nitrogens with one attached hydrogen (secondary N) is 1. The summed E-state index contributed by atoms with van der Waals surface area (Å²) in [6.45, 7) is 3.87. The summed E-state index contributed by atoms with van der Waals surface area (Å²) in [5.41, 5.74) is 0.0173. The summed E-state index contributed by atoms with van der Waals surface area (Å²) in [6.07, 6.45) is 6.85. The summed E-state index contributed by atoms with van der Waals surface area (Å²) in [7, 11) is 0. The van der Waals surface area contributed by atoms with E-state index in [1.807, 2.05) is 16.9 Å². The fourth-order valence-corrected chi connectivity index (χ4v) is 2.96. The third-order valence-electron chi connectivity index (χ3n) is 4.38. The van der Waals surface area contributed by atoms with Crippen LogP contribution in [0.5, 0.6) is 0 Å². The monoisotopic (exact) mass is 276 g/mol. The number of imide groups is 1.